The molecule has 0 atom stereocenters. The maximum Gasteiger partial charge on any atom is 0.261 e. The number of methoxy groups -OCH3 is 2. The first-order valence-electron chi connectivity index (χ1n) is 11.7. The second-order valence-corrected chi connectivity index (χ2v) is 8.17. The van der Waals surface area contributed by atoms with Crippen molar-refractivity contribution in [1.82, 2.24) is 9.55 Å². The van der Waals surface area contributed by atoms with E-state index in [0.29, 0.717) is 41.4 Å². The van der Waals surface area contributed by atoms with Gasteiger partial charge in [-0.2, -0.15) is 0 Å². The number of hydrogen-bond acceptors (Lipinski definition) is 5. The van der Waals surface area contributed by atoms with E-state index in [4.69, 9.17) is 19.2 Å². The van der Waals surface area contributed by atoms with Crippen molar-refractivity contribution >= 4 is 10.9 Å². The lowest BCUT2D eigenvalue weighted by atomic mass is 10.1. The first-order valence-corrected chi connectivity index (χ1v) is 11.7. The maximum atomic E-state index is 13.3. The molecule has 1 aromatic heterocycles. The van der Waals surface area contributed by atoms with Crippen LogP contribution in [0.3, 0.4) is 0 Å². The molecule has 6 heteroatoms. The van der Waals surface area contributed by atoms with Crippen LogP contribution >= 0.6 is 0 Å². The summed E-state index contributed by atoms with van der Waals surface area (Å²) in [7, 11) is 3.27. The highest BCUT2D eigenvalue weighted by atomic mass is 16.5. The Morgan fingerprint density at radius 2 is 1.74 bits per heavy atom. The van der Waals surface area contributed by atoms with Crippen LogP contribution in [0.15, 0.2) is 84.2 Å². The Bertz CT molecular complexity index is 1360. The number of unbranched alkanes of at least 4 members (excludes halogenated alkanes) is 1. The molecular formula is C29H30N2O4. The van der Waals surface area contributed by atoms with Gasteiger partial charge >= 0.3 is 0 Å². The SMILES string of the molecule is C=CCc1ccc(OCCCCn2c(-c3ccc(OC)cc3)nc3ccccc3c2=O)c(OC)c1. The van der Waals surface area contributed by atoms with E-state index in [-0.39, 0.29) is 5.56 Å². The van der Waals surface area contributed by atoms with Crippen LogP contribution in [0, 0.1) is 0 Å². The number of aromatic nitrogens is 2. The van der Waals surface area contributed by atoms with Crippen LogP contribution in [0.25, 0.3) is 22.3 Å². The fourth-order valence-electron chi connectivity index (χ4n) is 4.01. The van der Waals surface area contributed by atoms with E-state index in [2.05, 4.69) is 6.58 Å². The first kappa shape index (κ1) is 24.1. The van der Waals surface area contributed by atoms with Gasteiger partial charge < -0.3 is 14.2 Å². The predicted octanol–water partition coefficient (Wildman–Crippen LogP) is 5.67. The maximum absolute atomic E-state index is 13.3. The van der Waals surface area contributed by atoms with Gasteiger partial charge in [-0.1, -0.05) is 24.3 Å². The van der Waals surface area contributed by atoms with E-state index in [1.54, 1.807) is 18.8 Å². The van der Waals surface area contributed by atoms with E-state index >= 15 is 0 Å². The minimum atomic E-state index is -0.0400. The lowest BCUT2D eigenvalue weighted by Gasteiger charge is -2.15. The molecule has 0 amide bonds. The Morgan fingerprint density at radius 3 is 2.49 bits per heavy atom. The van der Waals surface area contributed by atoms with Crippen molar-refractivity contribution in [2.24, 2.45) is 0 Å². The van der Waals surface area contributed by atoms with Gasteiger partial charge in [0.15, 0.2) is 11.5 Å². The summed E-state index contributed by atoms with van der Waals surface area (Å²) in [6.07, 6.45) is 4.18. The first-order chi connectivity index (χ1) is 17.1. The van der Waals surface area contributed by atoms with Crippen molar-refractivity contribution in [3.8, 4) is 28.6 Å². The molecule has 0 unspecified atom stereocenters. The Kier molecular flexibility index (Phi) is 7.83. The highest BCUT2D eigenvalue weighted by Crippen LogP contribution is 2.28. The Morgan fingerprint density at radius 1 is 0.943 bits per heavy atom. The van der Waals surface area contributed by atoms with Crippen LogP contribution < -0.4 is 19.8 Å². The molecule has 35 heavy (non-hydrogen) atoms. The number of benzene rings is 3. The van der Waals surface area contributed by atoms with Crippen molar-refractivity contribution < 1.29 is 14.2 Å². The number of para-hydroxylation sites is 1. The number of allylic oxidation sites excluding steroid dienone is 1. The van der Waals surface area contributed by atoms with Gasteiger partial charge in [0.05, 0.1) is 31.7 Å². The molecule has 4 rings (SSSR count). The predicted molar refractivity (Wildman–Crippen MR) is 140 cm³/mol. The molecule has 3 aromatic carbocycles. The zero-order valence-corrected chi connectivity index (χ0v) is 20.2. The fourth-order valence-corrected chi connectivity index (χ4v) is 4.01. The number of ether oxygens (including phenoxy) is 3. The lowest BCUT2D eigenvalue weighted by molar-refractivity contribution is 0.283. The van der Waals surface area contributed by atoms with Crippen LogP contribution in [0.2, 0.25) is 0 Å². The van der Waals surface area contributed by atoms with E-state index in [9.17, 15) is 4.79 Å². The molecule has 1 heterocycles. The van der Waals surface area contributed by atoms with Gasteiger partial charge in [-0.25, -0.2) is 4.98 Å². The van der Waals surface area contributed by atoms with Gasteiger partial charge in [-0.15, -0.1) is 6.58 Å². The number of hydrogen-bond donors (Lipinski definition) is 0. The molecular weight excluding hydrogens is 440 g/mol. The van der Waals surface area contributed by atoms with Crippen LogP contribution in [-0.4, -0.2) is 30.4 Å². The average molecular weight is 471 g/mol. The van der Waals surface area contributed by atoms with Crippen molar-refractivity contribution in [3.05, 3.63) is 95.3 Å². The summed E-state index contributed by atoms with van der Waals surface area (Å²) in [6, 6.07) is 21.0. The number of fused-ring (bicyclic) bond motifs is 1. The quantitative estimate of drug-likeness (QED) is 0.209. The van der Waals surface area contributed by atoms with Gasteiger partial charge in [0.2, 0.25) is 0 Å². The molecule has 0 aliphatic heterocycles. The summed E-state index contributed by atoms with van der Waals surface area (Å²) in [6.45, 7) is 4.84. The van der Waals surface area contributed by atoms with Gasteiger partial charge in [0, 0.05) is 12.1 Å². The summed E-state index contributed by atoms with van der Waals surface area (Å²) < 4.78 is 18.5. The molecule has 6 nitrogen and oxygen atoms in total. The van der Waals surface area contributed by atoms with E-state index in [1.165, 1.54) is 0 Å². The molecule has 0 aliphatic carbocycles. The summed E-state index contributed by atoms with van der Waals surface area (Å²) in [4.78, 5) is 18.2. The van der Waals surface area contributed by atoms with Crippen molar-refractivity contribution in [2.45, 2.75) is 25.8 Å². The molecule has 0 saturated carbocycles. The molecule has 0 N–H and O–H groups in total. The molecule has 0 saturated heterocycles. The standard InChI is InChI=1S/C29H30N2O4/c1-4-9-21-12-17-26(27(20-21)34-3)35-19-8-7-18-31-28(22-13-15-23(33-2)16-14-22)30-25-11-6-5-10-24(25)29(31)32/h4-6,10-17,20H,1,7-9,18-19H2,2-3H3. The fraction of sp³-hybridized carbons (Fsp3) is 0.241. The number of rotatable bonds is 11. The van der Waals surface area contributed by atoms with Crippen LogP contribution in [0.4, 0.5) is 0 Å². The third-order valence-corrected chi connectivity index (χ3v) is 5.85. The Labute approximate surface area is 205 Å². The molecule has 0 spiro atoms. The minimum Gasteiger partial charge on any atom is -0.497 e. The second kappa shape index (κ2) is 11.4. The van der Waals surface area contributed by atoms with E-state index < -0.39 is 0 Å². The summed E-state index contributed by atoms with van der Waals surface area (Å²) >= 11 is 0. The minimum absolute atomic E-state index is 0.0400. The third-order valence-electron chi connectivity index (χ3n) is 5.85. The smallest absolute Gasteiger partial charge is 0.261 e. The summed E-state index contributed by atoms with van der Waals surface area (Å²) in [5.74, 6) is 2.83. The zero-order valence-electron chi connectivity index (χ0n) is 20.2. The highest BCUT2D eigenvalue weighted by molar-refractivity contribution is 5.79. The topological polar surface area (TPSA) is 62.6 Å². The van der Waals surface area contributed by atoms with E-state index in [1.807, 2.05) is 72.8 Å². The van der Waals surface area contributed by atoms with E-state index in [0.717, 1.165) is 36.1 Å². The molecule has 0 radical (unpaired) electrons. The van der Waals surface area contributed by atoms with Crippen molar-refractivity contribution in [3.63, 3.8) is 0 Å². The molecule has 0 fully saturated rings. The molecule has 0 bridgehead atoms. The Hall–Kier alpha value is -4.06. The van der Waals surface area contributed by atoms with Crippen molar-refractivity contribution in [2.75, 3.05) is 20.8 Å². The molecule has 180 valence electrons. The summed E-state index contributed by atoms with van der Waals surface area (Å²) in [5, 5.41) is 0.616. The van der Waals surface area contributed by atoms with Gasteiger partial charge in [0.1, 0.15) is 11.6 Å². The van der Waals surface area contributed by atoms with Gasteiger partial charge in [-0.3, -0.25) is 9.36 Å². The van der Waals surface area contributed by atoms with Crippen LogP contribution in [0.1, 0.15) is 18.4 Å². The van der Waals surface area contributed by atoms with Crippen LogP contribution in [0.5, 0.6) is 17.2 Å². The molecule has 4 aromatic rings. The van der Waals surface area contributed by atoms with Crippen LogP contribution in [-0.2, 0) is 13.0 Å². The Balaban J connectivity index is 1.49. The van der Waals surface area contributed by atoms with Gasteiger partial charge in [-0.05, 0) is 73.4 Å². The second-order valence-electron chi connectivity index (χ2n) is 8.17. The monoisotopic (exact) mass is 470 g/mol. The van der Waals surface area contributed by atoms with Crippen molar-refractivity contribution in [1.29, 1.82) is 0 Å². The lowest BCUT2D eigenvalue weighted by Crippen LogP contribution is -2.24. The molecule has 0 aliphatic rings. The summed E-state index contributed by atoms with van der Waals surface area (Å²) in [5.41, 5.74) is 2.64. The van der Waals surface area contributed by atoms with Gasteiger partial charge in [0.25, 0.3) is 5.56 Å². The largest absolute Gasteiger partial charge is 0.497 e. The normalized spacial score (nSPS) is 10.8. The third kappa shape index (κ3) is 5.54. The average Bonchev–Trinajstić information content (AvgIpc) is 2.90. The highest BCUT2D eigenvalue weighted by Gasteiger charge is 2.13. The zero-order chi connectivity index (χ0) is 24.6. The number of nitrogens with zero attached hydrogens (tertiary/aromatic N) is 2.